The second-order valence-electron chi connectivity index (χ2n) is 7.96. The van der Waals surface area contributed by atoms with E-state index < -0.39 is 36.6 Å². The molecule has 1 aliphatic rings. The van der Waals surface area contributed by atoms with E-state index in [9.17, 15) is 9.36 Å². The molecule has 0 aliphatic carbocycles. The first-order chi connectivity index (χ1) is 15.0. The van der Waals surface area contributed by atoms with E-state index >= 15 is 0 Å². The van der Waals surface area contributed by atoms with E-state index in [-0.39, 0.29) is 31.2 Å². The minimum Gasteiger partial charge on any atom is -0.445 e. The average molecular weight is 541 g/mol. The lowest BCUT2D eigenvalue weighted by Crippen LogP contribution is -2.57. The van der Waals surface area contributed by atoms with E-state index in [1.807, 2.05) is 34.6 Å². The number of nitrogens with one attached hydrogen (secondary N) is 1. The molecule has 12 heteroatoms. The van der Waals surface area contributed by atoms with Crippen LogP contribution in [0.2, 0.25) is 0 Å². The molecule has 1 fully saturated rings. The summed E-state index contributed by atoms with van der Waals surface area (Å²) in [5, 5.41) is 2.70. The first-order valence-electron chi connectivity index (χ1n) is 11.2. The molecule has 0 aromatic rings. The second-order valence-corrected chi connectivity index (χ2v) is 12.1. The van der Waals surface area contributed by atoms with Gasteiger partial charge in [0.1, 0.15) is 6.61 Å². The van der Waals surface area contributed by atoms with Crippen molar-refractivity contribution in [1.29, 1.82) is 0 Å². The quantitative estimate of drug-likeness (QED) is 0.159. The van der Waals surface area contributed by atoms with E-state index in [2.05, 4.69) is 5.32 Å². The van der Waals surface area contributed by atoms with Crippen molar-refractivity contribution in [2.45, 2.75) is 89.0 Å². The fourth-order valence-corrected chi connectivity index (χ4v) is 4.74. The summed E-state index contributed by atoms with van der Waals surface area (Å²) in [6.45, 7) is 9.96. The number of hydrogen-bond acceptors (Lipinski definition) is 7. The number of carbonyl (C=O) groups is 1. The van der Waals surface area contributed by atoms with Gasteiger partial charge in [0, 0.05) is 0 Å². The molecule has 0 aromatic carbocycles. The number of hydrogen-bond donors (Lipinski definition) is 1. The van der Waals surface area contributed by atoms with E-state index in [1.54, 1.807) is 0 Å². The van der Waals surface area contributed by atoms with Gasteiger partial charge in [-0.05, 0) is 31.1 Å². The lowest BCUT2D eigenvalue weighted by atomic mass is 9.81. The molecule has 3 unspecified atom stereocenters. The number of alkyl carbamates (subject to hydrolysis) is 1. The van der Waals surface area contributed by atoms with Crippen LogP contribution in [0.4, 0.5) is 4.79 Å². The third kappa shape index (κ3) is 10.6. The van der Waals surface area contributed by atoms with Gasteiger partial charge in [0.15, 0.2) is 6.29 Å². The Kier molecular flexibility index (Phi) is 13.8. The number of amides is 1. The highest BCUT2D eigenvalue weighted by atomic mass is 35.6. The topological polar surface area (TPSA) is 92.3 Å². The molecule has 1 N–H and O–H groups in total. The Morgan fingerprint density at radius 1 is 1.03 bits per heavy atom. The summed E-state index contributed by atoms with van der Waals surface area (Å²) in [6.07, 6.45) is 1.80. The molecular formula is C20H37Cl3NO7P. The lowest BCUT2D eigenvalue weighted by molar-refractivity contribution is -0.206. The van der Waals surface area contributed by atoms with E-state index in [4.69, 9.17) is 57.8 Å². The van der Waals surface area contributed by atoms with Crippen molar-refractivity contribution in [3.63, 3.8) is 0 Å². The third-order valence-electron chi connectivity index (χ3n) is 5.37. The fraction of sp³-hybridized carbons (Fsp3) is 0.950. The fourth-order valence-electron chi connectivity index (χ4n) is 3.24. The second kappa shape index (κ2) is 14.6. The molecule has 5 atom stereocenters. The van der Waals surface area contributed by atoms with E-state index in [0.717, 1.165) is 12.8 Å². The molecular weight excluding hydrogens is 504 g/mol. The summed E-state index contributed by atoms with van der Waals surface area (Å²) in [5.41, 5.74) is 0. The Labute approximate surface area is 206 Å². The molecule has 8 nitrogen and oxygen atoms in total. The monoisotopic (exact) mass is 539 g/mol. The summed E-state index contributed by atoms with van der Waals surface area (Å²) < 4.78 is 39.6. The highest BCUT2D eigenvalue weighted by Crippen LogP contribution is 2.53. The number of alkyl halides is 3. The molecule has 0 radical (unpaired) electrons. The maximum atomic E-state index is 13.4. The molecule has 0 aromatic heterocycles. The van der Waals surface area contributed by atoms with Crippen LogP contribution in [0.25, 0.3) is 0 Å². The molecule has 1 rings (SSSR count). The zero-order valence-corrected chi connectivity index (χ0v) is 22.6. The van der Waals surface area contributed by atoms with Gasteiger partial charge >= 0.3 is 13.9 Å². The summed E-state index contributed by atoms with van der Waals surface area (Å²) in [4.78, 5) is 12.3. The summed E-state index contributed by atoms with van der Waals surface area (Å²) >= 11 is 17.0. The Balaban J connectivity index is 3.01. The van der Waals surface area contributed by atoms with Crippen LogP contribution in [0.1, 0.15) is 66.7 Å². The summed E-state index contributed by atoms with van der Waals surface area (Å²) in [5.74, 6) is -0.0153. The van der Waals surface area contributed by atoms with Crippen molar-refractivity contribution in [2.24, 2.45) is 11.8 Å². The summed E-state index contributed by atoms with van der Waals surface area (Å²) in [6, 6.07) is -0.687. The van der Waals surface area contributed by atoms with Crippen LogP contribution in [-0.4, -0.2) is 48.1 Å². The number of halogens is 3. The van der Waals surface area contributed by atoms with Crippen LogP contribution in [0.15, 0.2) is 0 Å². The SMILES string of the molecule is CCCCOP(=O)(OCCCC)OC1OC(CC)[C@@H](C)[C@H](C)C1NC(=O)OCC(Cl)(Cl)Cl. The van der Waals surface area contributed by atoms with Gasteiger partial charge in [-0.2, -0.15) is 0 Å². The number of phosphoric acid groups is 1. The molecule has 0 saturated carbocycles. The number of unbranched alkanes of at least 4 members (excludes halogenated alkanes) is 2. The summed E-state index contributed by atoms with van der Waals surface area (Å²) in [7, 11) is -3.93. The Morgan fingerprint density at radius 2 is 1.59 bits per heavy atom. The normalized spacial score (nSPS) is 26.7. The van der Waals surface area contributed by atoms with E-state index in [1.165, 1.54) is 0 Å². The van der Waals surface area contributed by atoms with Crippen molar-refractivity contribution in [2.75, 3.05) is 19.8 Å². The number of carbonyl (C=O) groups excluding carboxylic acids is 1. The number of ether oxygens (including phenoxy) is 2. The molecule has 190 valence electrons. The number of rotatable bonds is 13. The van der Waals surface area contributed by atoms with Gasteiger partial charge in [0.25, 0.3) is 0 Å². The zero-order valence-electron chi connectivity index (χ0n) is 19.5. The van der Waals surface area contributed by atoms with Gasteiger partial charge in [0.2, 0.25) is 3.79 Å². The molecule has 0 bridgehead atoms. The minimum atomic E-state index is -3.93. The van der Waals surface area contributed by atoms with Crippen molar-refractivity contribution in [3.05, 3.63) is 0 Å². The van der Waals surface area contributed by atoms with Crippen LogP contribution in [0, 0.1) is 11.8 Å². The van der Waals surface area contributed by atoms with Crippen molar-refractivity contribution >= 4 is 48.7 Å². The van der Waals surface area contributed by atoms with Crippen molar-refractivity contribution < 1.29 is 32.4 Å². The largest absolute Gasteiger partial charge is 0.477 e. The molecule has 0 spiro atoms. The highest BCUT2D eigenvalue weighted by Gasteiger charge is 2.46. The van der Waals surface area contributed by atoms with Gasteiger partial charge in [-0.1, -0.05) is 82.3 Å². The first-order valence-corrected chi connectivity index (χ1v) is 13.8. The molecule has 1 amide bonds. The lowest BCUT2D eigenvalue weighted by Gasteiger charge is -2.44. The maximum absolute atomic E-state index is 13.4. The molecule has 32 heavy (non-hydrogen) atoms. The number of phosphoric ester groups is 1. The van der Waals surface area contributed by atoms with Crippen LogP contribution in [0.3, 0.4) is 0 Å². The molecule has 1 aliphatic heterocycles. The first kappa shape index (κ1) is 30.2. The minimum absolute atomic E-state index is 0.0831. The Bertz CT molecular complexity index is 594. The van der Waals surface area contributed by atoms with Gasteiger partial charge in [-0.25, -0.2) is 9.36 Å². The van der Waals surface area contributed by atoms with Crippen molar-refractivity contribution in [1.82, 2.24) is 5.32 Å². The average Bonchev–Trinajstić information content (AvgIpc) is 2.71. The van der Waals surface area contributed by atoms with Gasteiger partial charge in [0.05, 0.1) is 25.4 Å². The standard InChI is InChI=1S/C20H37Cl3NO7P/c1-6-9-11-28-32(26,29-12-10-7-2)31-18-17(15(5)14(4)16(8-3)30-18)24-19(25)27-13-20(21,22)23/h14-18H,6-13H2,1-5H3,(H,24,25)/t14-,15-,16?,17?,18?/m0/s1. The Morgan fingerprint density at radius 3 is 2.06 bits per heavy atom. The van der Waals surface area contributed by atoms with Crippen LogP contribution in [-0.2, 0) is 27.6 Å². The van der Waals surface area contributed by atoms with Crippen molar-refractivity contribution in [3.8, 4) is 0 Å². The zero-order chi connectivity index (χ0) is 24.4. The predicted octanol–water partition coefficient (Wildman–Crippen LogP) is 6.62. The smallest absolute Gasteiger partial charge is 0.445 e. The molecule has 1 heterocycles. The van der Waals surface area contributed by atoms with Gasteiger partial charge in [-0.15, -0.1) is 0 Å². The van der Waals surface area contributed by atoms with Crippen LogP contribution < -0.4 is 5.32 Å². The Hall–Kier alpha value is 0.210. The highest BCUT2D eigenvalue weighted by molar-refractivity contribution is 7.48. The van der Waals surface area contributed by atoms with E-state index in [0.29, 0.717) is 19.3 Å². The van der Waals surface area contributed by atoms with Crippen LogP contribution in [0.5, 0.6) is 0 Å². The third-order valence-corrected chi connectivity index (χ3v) is 7.16. The molecule has 1 saturated heterocycles. The maximum Gasteiger partial charge on any atom is 0.477 e. The van der Waals surface area contributed by atoms with Crippen LogP contribution >= 0.6 is 42.6 Å². The van der Waals surface area contributed by atoms with Gasteiger partial charge < -0.3 is 14.8 Å². The predicted molar refractivity (Wildman–Crippen MR) is 126 cm³/mol. The van der Waals surface area contributed by atoms with Gasteiger partial charge in [-0.3, -0.25) is 13.6 Å².